The van der Waals surface area contributed by atoms with Gasteiger partial charge in [0.1, 0.15) is 11.2 Å². The van der Waals surface area contributed by atoms with E-state index in [1.165, 1.54) is 102 Å². The van der Waals surface area contributed by atoms with Crippen molar-refractivity contribution < 1.29 is 8.83 Å². The van der Waals surface area contributed by atoms with Crippen LogP contribution in [0.2, 0.25) is 0 Å². The summed E-state index contributed by atoms with van der Waals surface area (Å²) in [6, 6.07) is 65.4. The summed E-state index contributed by atoms with van der Waals surface area (Å²) in [5, 5.41) is 4.50. The van der Waals surface area contributed by atoms with Crippen molar-refractivity contribution in [2.24, 2.45) is 0 Å². The molecule has 0 spiro atoms. The molecule has 6 aliphatic rings. The number of anilines is 8. The molecular weight excluding hydrogens is 998 g/mol. The molecule has 9 aromatic carbocycles. The first kappa shape index (κ1) is 48.7. The smallest absolute Gasteiger partial charge is 0.252 e. The highest BCUT2D eigenvalue weighted by molar-refractivity contribution is 7.00. The van der Waals surface area contributed by atoms with Crippen LogP contribution in [-0.2, 0) is 27.1 Å². The maximum absolute atomic E-state index is 7.23. The number of nitrogens with zero attached hydrogens (tertiary/aromatic N) is 3. The number of furan rings is 2. The Bertz CT molecular complexity index is 4630. The van der Waals surface area contributed by atoms with Crippen LogP contribution in [0.15, 0.2) is 179 Å². The highest BCUT2D eigenvalue weighted by Crippen LogP contribution is 2.63. The maximum atomic E-state index is 7.23. The number of fused-ring (bicyclic) bond motifs is 16. The number of para-hydroxylation sites is 5. The summed E-state index contributed by atoms with van der Waals surface area (Å²) in [7, 11) is 0. The molecule has 82 heavy (non-hydrogen) atoms. The second kappa shape index (κ2) is 16.0. The summed E-state index contributed by atoms with van der Waals surface area (Å²) in [5.74, 6) is 0. The van der Waals surface area contributed by atoms with Crippen LogP contribution in [0.5, 0.6) is 0 Å². The first-order valence-corrected chi connectivity index (χ1v) is 30.4. The molecule has 1 fully saturated rings. The fourth-order valence-electron chi connectivity index (χ4n) is 17.6. The molecule has 11 aromatic rings. The van der Waals surface area contributed by atoms with Gasteiger partial charge in [0.25, 0.3) is 6.71 Å². The van der Waals surface area contributed by atoms with E-state index in [2.05, 4.69) is 254 Å². The molecule has 2 unspecified atom stereocenters. The van der Waals surface area contributed by atoms with Crippen LogP contribution in [-0.4, -0.2) is 12.3 Å². The van der Waals surface area contributed by atoms with Crippen molar-refractivity contribution in [2.45, 2.75) is 140 Å². The number of benzene rings is 9. The average molecular weight is 1070 g/mol. The van der Waals surface area contributed by atoms with E-state index >= 15 is 0 Å². The van der Waals surface area contributed by atoms with Gasteiger partial charge in [0.15, 0.2) is 11.2 Å². The van der Waals surface area contributed by atoms with E-state index in [4.69, 9.17) is 8.83 Å². The summed E-state index contributed by atoms with van der Waals surface area (Å²) < 4.78 is 14.4. The number of rotatable bonds is 3. The zero-order valence-electron chi connectivity index (χ0n) is 49.1. The summed E-state index contributed by atoms with van der Waals surface area (Å²) in [5.41, 5.74) is 26.0. The molecule has 3 aliphatic heterocycles. The second-order valence-corrected chi connectivity index (χ2v) is 28.1. The van der Waals surface area contributed by atoms with Gasteiger partial charge in [-0.2, -0.15) is 0 Å². The Labute approximate surface area is 482 Å². The van der Waals surface area contributed by atoms with Gasteiger partial charge in [-0.25, -0.2) is 0 Å². The molecule has 0 saturated heterocycles. The van der Waals surface area contributed by atoms with E-state index in [0.29, 0.717) is 0 Å². The minimum absolute atomic E-state index is 0.0340. The topological polar surface area (TPSA) is 36.0 Å². The van der Waals surface area contributed by atoms with Gasteiger partial charge in [-0.15, -0.1) is 0 Å². The molecule has 6 heteroatoms. The van der Waals surface area contributed by atoms with Gasteiger partial charge in [-0.05, 0) is 153 Å². The Kier molecular flexibility index (Phi) is 9.49. The lowest BCUT2D eigenvalue weighted by molar-refractivity contribution is 0.195. The van der Waals surface area contributed by atoms with Crippen LogP contribution in [0.1, 0.15) is 147 Å². The molecule has 0 amide bonds. The minimum atomic E-state index is -0.290. The zero-order valence-corrected chi connectivity index (χ0v) is 49.1. The Hall–Kier alpha value is -7.96. The minimum Gasteiger partial charge on any atom is -0.454 e. The van der Waals surface area contributed by atoms with Gasteiger partial charge >= 0.3 is 0 Å². The SMILES string of the molecule is CC1(C)CCC(C)(C)c2cc3c(cc21)B1c2cc4c(cc2N(c2cccc5c2oc2ccccc25)c2cc(N5c6ccccc6C6(C)CCCCC56C)cc(c21)N3c1cccc2c1oc1ccccc12)C(C)(C)c1ccccc1C4(C)C. The predicted octanol–water partition coefficient (Wildman–Crippen LogP) is 18.6. The molecule has 2 aromatic heterocycles. The molecule has 5 nitrogen and oxygen atoms in total. The Morgan fingerprint density at radius 2 is 0.805 bits per heavy atom. The van der Waals surface area contributed by atoms with E-state index in [1.54, 1.807) is 0 Å². The monoisotopic (exact) mass is 1070 g/mol. The van der Waals surface area contributed by atoms with Crippen LogP contribution < -0.4 is 31.1 Å². The first-order chi connectivity index (χ1) is 39.4. The van der Waals surface area contributed by atoms with Crippen LogP contribution >= 0.6 is 0 Å². The third-order valence-electron chi connectivity index (χ3n) is 22.3. The molecule has 0 bridgehead atoms. The van der Waals surface area contributed by atoms with E-state index < -0.39 is 0 Å². The Morgan fingerprint density at radius 3 is 1.38 bits per heavy atom. The van der Waals surface area contributed by atoms with Crippen LogP contribution in [0.3, 0.4) is 0 Å². The first-order valence-electron chi connectivity index (χ1n) is 30.4. The molecule has 5 heterocycles. The van der Waals surface area contributed by atoms with Gasteiger partial charge in [0.05, 0.1) is 16.9 Å². The van der Waals surface area contributed by atoms with E-state index in [0.717, 1.165) is 80.9 Å². The van der Waals surface area contributed by atoms with E-state index in [-0.39, 0.29) is 39.3 Å². The lowest BCUT2D eigenvalue weighted by atomic mass is 9.32. The van der Waals surface area contributed by atoms with Crippen LogP contribution in [0, 0.1) is 0 Å². The quantitative estimate of drug-likeness (QED) is 0.165. The molecule has 3 aliphatic carbocycles. The van der Waals surface area contributed by atoms with Crippen LogP contribution in [0.25, 0.3) is 43.9 Å². The highest BCUT2D eigenvalue weighted by Gasteiger charge is 2.58. The third-order valence-corrected chi connectivity index (χ3v) is 22.3. The Balaban J connectivity index is 1.07. The molecule has 0 N–H and O–H groups in total. The van der Waals surface area contributed by atoms with Crippen molar-refractivity contribution in [1.82, 2.24) is 0 Å². The van der Waals surface area contributed by atoms with Crippen molar-refractivity contribution in [1.29, 1.82) is 0 Å². The molecule has 0 radical (unpaired) electrons. The van der Waals surface area contributed by atoms with Crippen molar-refractivity contribution >= 4 is 112 Å². The Morgan fingerprint density at radius 1 is 0.366 bits per heavy atom. The summed E-state index contributed by atoms with van der Waals surface area (Å²) in [4.78, 5) is 8.11. The molecule has 17 rings (SSSR count). The van der Waals surface area contributed by atoms with Crippen molar-refractivity contribution in [3.05, 3.63) is 209 Å². The highest BCUT2D eigenvalue weighted by atomic mass is 16.3. The van der Waals surface area contributed by atoms with Gasteiger partial charge in [0, 0.05) is 71.9 Å². The average Bonchev–Trinajstić information content (AvgIpc) is 1.08. The zero-order chi connectivity index (χ0) is 55.8. The van der Waals surface area contributed by atoms with Crippen molar-refractivity contribution in [2.75, 3.05) is 14.7 Å². The molecule has 1 saturated carbocycles. The summed E-state index contributed by atoms with van der Waals surface area (Å²) >= 11 is 0. The largest absolute Gasteiger partial charge is 0.454 e. The summed E-state index contributed by atoms with van der Waals surface area (Å²) in [6.45, 7) is 24.8. The predicted molar refractivity (Wildman–Crippen MR) is 344 cm³/mol. The van der Waals surface area contributed by atoms with Gasteiger partial charge in [-0.3, -0.25) is 0 Å². The standard InChI is InChI=1S/C76H70BN3O2/c1-71(2)37-38-72(3,4)54-43-62-57(41-53(54)71)77-58-42-55-56(74(7,8)51-28-14-13-27-50(51)73(55,5)6)44-63(58)79(61-32-22-26-49-47-24-12-18-34-67(47)82-70(49)61)65-40-45(80-59-30-16-15-29-52(59)75(9)35-19-20-36-76(75,80)10)39-64(68(65)77)78(62)60-31-21-25-48-46-23-11-17-33-66(46)81-69(48)60/h11-18,21-34,39-44H,19-20,35-38H2,1-10H3. The second-order valence-electron chi connectivity index (χ2n) is 28.1. The van der Waals surface area contributed by atoms with Gasteiger partial charge in [0.2, 0.25) is 0 Å². The van der Waals surface area contributed by atoms with Crippen molar-refractivity contribution in [3.8, 4) is 0 Å². The number of hydrogen-bond donors (Lipinski definition) is 0. The summed E-state index contributed by atoms with van der Waals surface area (Å²) in [6.07, 6.45) is 6.90. The van der Waals surface area contributed by atoms with E-state index in [1.807, 2.05) is 0 Å². The third kappa shape index (κ3) is 6.06. The lowest BCUT2D eigenvalue weighted by Crippen LogP contribution is -2.62. The fourth-order valence-corrected chi connectivity index (χ4v) is 17.6. The fraction of sp³-hybridized carbons (Fsp3) is 0.289. The number of hydrogen-bond acceptors (Lipinski definition) is 5. The molecule has 2 atom stereocenters. The molecule has 404 valence electrons. The lowest BCUT2D eigenvalue weighted by Gasteiger charge is -2.51. The normalized spacial score (nSPS) is 21.9. The maximum Gasteiger partial charge on any atom is 0.252 e. The van der Waals surface area contributed by atoms with Gasteiger partial charge in [-0.1, -0.05) is 190 Å². The van der Waals surface area contributed by atoms with Crippen LogP contribution in [0.4, 0.5) is 45.5 Å². The van der Waals surface area contributed by atoms with E-state index in [9.17, 15) is 0 Å². The molecular formula is C76H70BN3O2. The van der Waals surface area contributed by atoms with Crippen molar-refractivity contribution in [3.63, 3.8) is 0 Å². The van der Waals surface area contributed by atoms with Gasteiger partial charge < -0.3 is 23.5 Å².